The molecule has 0 atom stereocenters. The molecule has 1 heterocycles. The molecule has 1 saturated carbocycles. The summed E-state index contributed by atoms with van der Waals surface area (Å²) in [5, 5.41) is 2.68. The molecule has 25 heavy (non-hydrogen) atoms. The van der Waals surface area contributed by atoms with Crippen LogP contribution in [0.1, 0.15) is 42.1 Å². The third-order valence-electron chi connectivity index (χ3n) is 4.60. The number of oxazole rings is 1. The molecule has 1 aliphatic carbocycles. The number of nitrogens with one attached hydrogen (secondary N) is 1. The largest absolute Gasteiger partial charge is 0.440 e. The van der Waals surface area contributed by atoms with Crippen LogP contribution < -0.4 is 5.32 Å². The summed E-state index contributed by atoms with van der Waals surface area (Å²) in [7, 11) is -3.01. The molecule has 0 unspecified atom stereocenters. The van der Waals surface area contributed by atoms with Gasteiger partial charge in [0.1, 0.15) is 9.84 Å². The number of aromatic nitrogens is 1. The number of nitrogens with zero attached hydrogens (tertiary/aromatic N) is 1. The third-order valence-corrected chi connectivity index (χ3v) is 6.28. The van der Waals surface area contributed by atoms with Gasteiger partial charge in [0, 0.05) is 24.8 Å². The first-order valence-electron chi connectivity index (χ1n) is 8.37. The van der Waals surface area contributed by atoms with Crippen LogP contribution in [0.5, 0.6) is 0 Å². The zero-order valence-electron chi connectivity index (χ0n) is 14.4. The highest BCUT2D eigenvalue weighted by Gasteiger charge is 2.30. The van der Waals surface area contributed by atoms with Crippen LogP contribution in [0, 0.1) is 6.92 Å². The first-order chi connectivity index (χ1) is 11.8. The van der Waals surface area contributed by atoms with Crippen molar-refractivity contribution in [1.82, 2.24) is 10.3 Å². The van der Waals surface area contributed by atoms with Gasteiger partial charge < -0.3 is 9.73 Å². The lowest BCUT2D eigenvalue weighted by Crippen LogP contribution is -2.40. The molecule has 0 saturated heterocycles. The van der Waals surface area contributed by atoms with E-state index in [1.54, 1.807) is 6.92 Å². The summed E-state index contributed by atoms with van der Waals surface area (Å²) in [6, 6.07) is 9.35. The Morgan fingerprint density at radius 2 is 1.80 bits per heavy atom. The quantitative estimate of drug-likeness (QED) is 0.903. The van der Waals surface area contributed by atoms with Gasteiger partial charge in [-0.1, -0.05) is 30.3 Å². The van der Waals surface area contributed by atoms with E-state index in [-0.39, 0.29) is 22.9 Å². The van der Waals surface area contributed by atoms with Crippen molar-refractivity contribution >= 4 is 15.7 Å². The van der Waals surface area contributed by atoms with E-state index in [2.05, 4.69) is 10.3 Å². The molecule has 3 rings (SSSR count). The van der Waals surface area contributed by atoms with Gasteiger partial charge in [0.15, 0.2) is 17.3 Å². The number of hydrogen-bond donors (Lipinski definition) is 1. The van der Waals surface area contributed by atoms with Crippen LogP contribution in [0.4, 0.5) is 0 Å². The van der Waals surface area contributed by atoms with Crippen LogP contribution in [0.2, 0.25) is 0 Å². The molecule has 0 spiro atoms. The smallest absolute Gasteiger partial charge is 0.274 e. The fourth-order valence-electron chi connectivity index (χ4n) is 3.26. The molecule has 0 aliphatic heterocycles. The van der Waals surface area contributed by atoms with Crippen LogP contribution in [0.25, 0.3) is 11.3 Å². The molecular formula is C18H22N2O4S. The number of carbonyl (C=O) groups is 1. The van der Waals surface area contributed by atoms with Gasteiger partial charge in [-0.05, 0) is 25.7 Å². The number of carbonyl (C=O) groups excluding carboxylic acids is 1. The average molecular weight is 362 g/mol. The van der Waals surface area contributed by atoms with Crippen molar-refractivity contribution in [2.45, 2.75) is 43.9 Å². The van der Waals surface area contributed by atoms with E-state index < -0.39 is 9.84 Å². The molecule has 1 amide bonds. The maximum Gasteiger partial charge on any atom is 0.274 e. The van der Waals surface area contributed by atoms with Crippen molar-refractivity contribution in [2.75, 3.05) is 6.26 Å². The zero-order valence-corrected chi connectivity index (χ0v) is 15.2. The second kappa shape index (κ2) is 7.00. The van der Waals surface area contributed by atoms with Gasteiger partial charge in [-0.3, -0.25) is 4.79 Å². The van der Waals surface area contributed by atoms with Gasteiger partial charge >= 0.3 is 0 Å². The second-order valence-corrected chi connectivity index (χ2v) is 8.88. The standard InChI is InChI=1S/C18H22N2O4S/c1-12-19-16(17(24-12)13-6-4-3-5-7-13)18(21)20-14-8-10-15(11-9-14)25(2,22)23/h3-7,14-15H,8-11H2,1-2H3,(H,20,21). The van der Waals surface area contributed by atoms with Crippen molar-refractivity contribution in [1.29, 1.82) is 0 Å². The highest BCUT2D eigenvalue weighted by molar-refractivity contribution is 7.91. The highest BCUT2D eigenvalue weighted by atomic mass is 32.2. The summed E-state index contributed by atoms with van der Waals surface area (Å²) in [6.45, 7) is 1.71. The average Bonchev–Trinajstić information content (AvgIpc) is 2.97. The third kappa shape index (κ3) is 4.10. The number of aryl methyl sites for hydroxylation is 1. The first kappa shape index (κ1) is 17.7. The molecule has 1 aliphatic rings. The van der Waals surface area contributed by atoms with Gasteiger partial charge in [0.2, 0.25) is 0 Å². The first-order valence-corrected chi connectivity index (χ1v) is 10.3. The van der Waals surface area contributed by atoms with Crippen molar-refractivity contribution in [2.24, 2.45) is 0 Å². The fourth-order valence-corrected chi connectivity index (χ4v) is 4.38. The number of hydrogen-bond acceptors (Lipinski definition) is 5. The lowest BCUT2D eigenvalue weighted by Gasteiger charge is -2.27. The fraction of sp³-hybridized carbons (Fsp3) is 0.444. The minimum absolute atomic E-state index is 0.0360. The minimum Gasteiger partial charge on any atom is -0.440 e. The maximum absolute atomic E-state index is 12.6. The summed E-state index contributed by atoms with van der Waals surface area (Å²) >= 11 is 0. The molecule has 0 bridgehead atoms. The minimum atomic E-state index is -3.01. The van der Waals surface area contributed by atoms with Crippen LogP contribution in [0.3, 0.4) is 0 Å². The van der Waals surface area contributed by atoms with E-state index in [0.717, 1.165) is 5.56 Å². The molecule has 7 heteroatoms. The van der Waals surface area contributed by atoms with Crippen LogP contribution in [0.15, 0.2) is 34.7 Å². The zero-order chi connectivity index (χ0) is 18.0. The molecule has 1 aromatic heterocycles. The number of amides is 1. The van der Waals surface area contributed by atoms with Crippen molar-refractivity contribution in [3.8, 4) is 11.3 Å². The Morgan fingerprint density at radius 3 is 2.40 bits per heavy atom. The number of benzene rings is 1. The summed E-state index contributed by atoms with van der Waals surface area (Å²) in [6.07, 6.45) is 3.74. The maximum atomic E-state index is 12.6. The van der Waals surface area contributed by atoms with Gasteiger partial charge in [-0.25, -0.2) is 13.4 Å². The van der Waals surface area contributed by atoms with Crippen LogP contribution in [-0.4, -0.2) is 36.9 Å². The lowest BCUT2D eigenvalue weighted by molar-refractivity contribution is 0.0924. The van der Waals surface area contributed by atoms with E-state index in [9.17, 15) is 13.2 Å². The summed E-state index contributed by atoms with van der Waals surface area (Å²) in [4.78, 5) is 16.9. The monoisotopic (exact) mass is 362 g/mol. The predicted octanol–water partition coefficient (Wildman–Crippen LogP) is 2.74. The SMILES string of the molecule is Cc1nc(C(=O)NC2CCC(S(C)(=O)=O)CC2)c(-c2ccccc2)o1. The summed E-state index contributed by atoms with van der Waals surface area (Å²) in [5.74, 6) is 0.615. The van der Waals surface area contributed by atoms with Crippen molar-refractivity contribution < 1.29 is 17.6 Å². The van der Waals surface area contributed by atoms with E-state index in [1.807, 2.05) is 30.3 Å². The van der Waals surface area contributed by atoms with Gasteiger partial charge in [-0.2, -0.15) is 0 Å². The lowest BCUT2D eigenvalue weighted by atomic mass is 9.95. The molecular weight excluding hydrogens is 340 g/mol. The normalized spacial score (nSPS) is 21.0. The molecule has 1 N–H and O–H groups in total. The van der Waals surface area contributed by atoms with Crippen molar-refractivity contribution in [3.05, 3.63) is 41.9 Å². The van der Waals surface area contributed by atoms with Crippen molar-refractivity contribution in [3.63, 3.8) is 0 Å². The molecule has 6 nitrogen and oxygen atoms in total. The Morgan fingerprint density at radius 1 is 1.16 bits per heavy atom. The van der Waals surface area contributed by atoms with E-state index in [1.165, 1.54) is 6.26 Å². The summed E-state index contributed by atoms with van der Waals surface area (Å²) < 4.78 is 28.9. The van der Waals surface area contributed by atoms with Crippen LogP contribution in [-0.2, 0) is 9.84 Å². The second-order valence-electron chi connectivity index (χ2n) is 6.55. The Kier molecular flexibility index (Phi) is 4.94. The Bertz CT molecular complexity index is 850. The van der Waals surface area contributed by atoms with E-state index in [4.69, 9.17) is 4.42 Å². The topological polar surface area (TPSA) is 89.3 Å². The molecule has 134 valence electrons. The number of sulfone groups is 1. The van der Waals surface area contributed by atoms with E-state index >= 15 is 0 Å². The van der Waals surface area contributed by atoms with Gasteiger partial charge in [0.25, 0.3) is 5.91 Å². The number of rotatable bonds is 4. The Balaban J connectivity index is 1.71. The molecule has 2 aromatic rings. The highest BCUT2D eigenvalue weighted by Crippen LogP contribution is 2.27. The van der Waals surface area contributed by atoms with Gasteiger partial charge in [0.05, 0.1) is 5.25 Å². The predicted molar refractivity (Wildman–Crippen MR) is 95.0 cm³/mol. The van der Waals surface area contributed by atoms with E-state index in [0.29, 0.717) is 37.3 Å². The Hall–Kier alpha value is -2.15. The van der Waals surface area contributed by atoms with Gasteiger partial charge in [-0.15, -0.1) is 0 Å². The molecule has 1 aromatic carbocycles. The summed E-state index contributed by atoms with van der Waals surface area (Å²) in [5.41, 5.74) is 1.07. The Labute approximate surface area is 147 Å². The molecule has 1 fully saturated rings. The molecule has 0 radical (unpaired) electrons. The van der Waals surface area contributed by atoms with Crippen LogP contribution >= 0.6 is 0 Å².